The van der Waals surface area contributed by atoms with Crippen LogP contribution in [0.25, 0.3) is 0 Å². The zero-order valence-electron chi connectivity index (χ0n) is 17.8. The monoisotopic (exact) mass is 416 g/mol. The smallest absolute Gasteiger partial charge is 0.251 e. The Morgan fingerprint density at radius 1 is 1.00 bits per heavy atom. The van der Waals surface area contributed by atoms with Gasteiger partial charge in [-0.1, -0.05) is 38.1 Å². The minimum absolute atomic E-state index is 0.0449. The fourth-order valence-corrected chi connectivity index (χ4v) is 4.29. The summed E-state index contributed by atoms with van der Waals surface area (Å²) in [4.78, 5) is 12.3. The predicted octanol–water partition coefficient (Wildman–Crippen LogP) is 4.35. The largest absolute Gasteiger partial charge is 0.352 e. The number of hydrogen-bond acceptors (Lipinski definition) is 3. The number of carbonyl (C=O) groups is 1. The molecule has 1 amide bonds. The Morgan fingerprint density at radius 3 is 2.14 bits per heavy atom. The topological polar surface area (TPSA) is 66.5 Å². The summed E-state index contributed by atoms with van der Waals surface area (Å²) in [5.41, 5.74) is 3.71. The summed E-state index contributed by atoms with van der Waals surface area (Å²) in [5, 5.41) is 2.93. The van der Waals surface area contributed by atoms with Crippen LogP contribution in [0.4, 0.5) is 5.69 Å². The van der Waals surface area contributed by atoms with Crippen molar-refractivity contribution in [3.63, 3.8) is 0 Å². The van der Waals surface area contributed by atoms with Crippen LogP contribution in [-0.2, 0) is 16.4 Å². The van der Waals surface area contributed by atoms with Crippen LogP contribution in [0.3, 0.4) is 0 Å². The molecule has 0 bridgehead atoms. The third-order valence-corrected chi connectivity index (χ3v) is 6.85. The van der Waals surface area contributed by atoms with E-state index in [1.165, 1.54) is 15.4 Å². The van der Waals surface area contributed by atoms with E-state index in [2.05, 4.69) is 43.4 Å². The van der Waals surface area contributed by atoms with E-state index in [1.807, 2.05) is 0 Å². The molecule has 0 unspecified atom stereocenters. The lowest BCUT2D eigenvalue weighted by atomic mass is 10.0. The SMILES string of the molecule is CCN(c1ccc(C(=O)NCCCc2ccc(C(C)C)cc2)cc1)S(=O)(=O)CC. The molecule has 2 aromatic carbocycles. The molecule has 29 heavy (non-hydrogen) atoms. The van der Waals surface area contributed by atoms with Crippen LogP contribution in [0, 0.1) is 0 Å². The Hall–Kier alpha value is -2.34. The van der Waals surface area contributed by atoms with Gasteiger partial charge in [0.25, 0.3) is 5.91 Å². The number of nitrogens with one attached hydrogen (secondary N) is 1. The highest BCUT2D eigenvalue weighted by Gasteiger charge is 2.18. The van der Waals surface area contributed by atoms with Crippen LogP contribution in [0.2, 0.25) is 0 Å². The van der Waals surface area contributed by atoms with Gasteiger partial charge in [-0.2, -0.15) is 0 Å². The number of carbonyl (C=O) groups excluding carboxylic acids is 1. The number of aryl methyl sites for hydroxylation is 1. The highest BCUT2D eigenvalue weighted by molar-refractivity contribution is 7.92. The fraction of sp³-hybridized carbons (Fsp3) is 0.435. The predicted molar refractivity (Wildman–Crippen MR) is 120 cm³/mol. The van der Waals surface area contributed by atoms with Crippen molar-refractivity contribution in [2.45, 2.75) is 46.5 Å². The summed E-state index contributed by atoms with van der Waals surface area (Å²) >= 11 is 0. The lowest BCUT2D eigenvalue weighted by Gasteiger charge is -2.22. The van der Waals surface area contributed by atoms with Crippen LogP contribution in [0.5, 0.6) is 0 Å². The van der Waals surface area contributed by atoms with E-state index in [4.69, 9.17) is 0 Å². The summed E-state index contributed by atoms with van der Waals surface area (Å²) in [7, 11) is -3.32. The number of sulfonamides is 1. The molecular weight excluding hydrogens is 384 g/mol. The van der Waals surface area contributed by atoms with Gasteiger partial charge in [0.05, 0.1) is 11.4 Å². The van der Waals surface area contributed by atoms with Crippen molar-refractivity contribution in [1.29, 1.82) is 0 Å². The summed E-state index contributed by atoms with van der Waals surface area (Å²) in [6.45, 7) is 8.74. The Kier molecular flexibility index (Phi) is 8.26. The van der Waals surface area contributed by atoms with Gasteiger partial charge in [0, 0.05) is 18.7 Å². The van der Waals surface area contributed by atoms with Crippen molar-refractivity contribution in [2.24, 2.45) is 0 Å². The Labute approximate surface area is 175 Å². The third-order valence-electron chi connectivity index (χ3n) is 4.98. The molecule has 0 aliphatic heterocycles. The Balaban J connectivity index is 1.86. The molecule has 0 saturated carbocycles. The molecule has 0 aliphatic carbocycles. The summed E-state index contributed by atoms with van der Waals surface area (Å²) in [5.74, 6) is 0.429. The normalized spacial score (nSPS) is 11.5. The number of anilines is 1. The highest BCUT2D eigenvalue weighted by atomic mass is 32.2. The van der Waals surface area contributed by atoms with Crippen LogP contribution in [-0.4, -0.2) is 33.2 Å². The van der Waals surface area contributed by atoms with E-state index in [0.29, 0.717) is 30.3 Å². The lowest BCUT2D eigenvalue weighted by Crippen LogP contribution is -2.32. The first-order valence-corrected chi connectivity index (χ1v) is 11.9. The third kappa shape index (κ3) is 6.32. The molecule has 5 nitrogen and oxygen atoms in total. The lowest BCUT2D eigenvalue weighted by molar-refractivity contribution is 0.0953. The molecular formula is C23H32N2O3S. The van der Waals surface area contributed by atoms with Crippen LogP contribution >= 0.6 is 0 Å². The number of amides is 1. The average molecular weight is 417 g/mol. The molecule has 0 fully saturated rings. The van der Waals surface area contributed by atoms with Gasteiger partial charge in [0.1, 0.15) is 0 Å². The maximum Gasteiger partial charge on any atom is 0.251 e. The highest BCUT2D eigenvalue weighted by Crippen LogP contribution is 2.19. The minimum atomic E-state index is -3.32. The van der Waals surface area contributed by atoms with Gasteiger partial charge in [0.15, 0.2) is 0 Å². The second-order valence-electron chi connectivity index (χ2n) is 7.37. The number of rotatable bonds is 10. The maximum absolute atomic E-state index is 12.3. The second-order valence-corrected chi connectivity index (χ2v) is 9.55. The van der Waals surface area contributed by atoms with Gasteiger partial charge < -0.3 is 5.32 Å². The van der Waals surface area contributed by atoms with E-state index in [-0.39, 0.29) is 11.7 Å². The molecule has 0 radical (unpaired) electrons. The Bertz CT molecular complexity index is 889. The minimum Gasteiger partial charge on any atom is -0.352 e. The van der Waals surface area contributed by atoms with E-state index in [1.54, 1.807) is 38.1 Å². The number of nitrogens with zero attached hydrogens (tertiary/aromatic N) is 1. The summed E-state index contributed by atoms with van der Waals surface area (Å²) in [6.07, 6.45) is 1.78. The average Bonchev–Trinajstić information content (AvgIpc) is 2.72. The molecule has 0 aliphatic rings. The second kappa shape index (κ2) is 10.4. The van der Waals surface area contributed by atoms with Gasteiger partial charge in [-0.3, -0.25) is 9.10 Å². The molecule has 2 aromatic rings. The molecule has 2 rings (SSSR count). The number of benzene rings is 2. The van der Waals surface area contributed by atoms with Gasteiger partial charge in [0.2, 0.25) is 10.0 Å². The molecule has 0 aromatic heterocycles. The van der Waals surface area contributed by atoms with Crippen molar-refractivity contribution >= 4 is 21.6 Å². The van der Waals surface area contributed by atoms with Gasteiger partial charge in [-0.05, 0) is 68.0 Å². The quantitative estimate of drug-likeness (QED) is 0.586. The summed E-state index contributed by atoms with van der Waals surface area (Å²) in [6, 6.07) is 15.3. The number of hydrogen-bond donors (Lipinski definition) is 1. The van der Waals surface area contributed by atoms with Gasteiger partial charge in [-0.25, -0.2) is 8.42 Å². The van der Waals surface area contributed by atoms with Crippen LogP contribution in [0.15, 0.2) is 48.5 Å². The van der Waals surface area contributed by atoms with Gasteiger partial charge in [-0.15, -0.1) is 0 Å². The van der Waals surface area contributed by atoms with E-state index < -0.39 is 10.0 Å². The van der Waals surface area contributed by atoms with Crippen molar-refractivity contribution in [2.75, 3.05) is 23.1 Å². The fourth-order valence-electron chi connectivity index (χ4n) is 3.14. The first-order chi connectivity index (χ1) is 13.8. The zero-order valence-corrected chi connectivity index (χ0v) is 18.6. The van der Waals surface area contributed by atoms with E-state index in [0.717, 1.165) is 12.8 Å². The van der Waals surface area contributed by atoms with Crippen molar-refractivity contribution in [3.05, 3.63) is 65.2 Å². The van der Waals surface area contributed by atoms with Crippen molar-refractivity contribution in [1.82, 2.24) is 5.32 Å². The molecule has 0 heterocycles. The van der Waals surface area contributed by atoms with E-state index >= 15 is 0 Å². The van der Waals surface area contributed by atoms with Crippen molar-refractivity contribution in [3.8, 4) is 0 Å². The van der Waals surface area contributed by atoms with Crippen LogP contribution in [0.1, 0.15) is 61.5 Å². The first kappa shape index (κ1) is 22.9. The maximum atomic E-state index is 12.3. The zero-order chi connectivity index (χ0) is 21.4. The molecule has 158 valence electrons. The summed E-state index contributed by atoms with van der Waals surface area (Å²) < 4.78 is 25.6. The van der Waals surface area contributed by atoms with E-state index in [9.17, 15) is 13.2 Å². The first-order valence-electron chi connectivity index (χ1n) is 10.3. The van der Waals surface area contributed by atoms with Crippen LogP contribution < -0.4 is 9.62 Å². The molecule has 0 spiro atoms. The molecule has 0 atom stereocenters. The molecule has 6 heteroatoms. The Morgan fingerprint density at radius 2 is 1.62 bits per heavy atom. The molecule has 1 N–H and O–H groups in total. The van der Waals surface area contributed by atoms with Gasteiger partial charge >= 0.3 is 0 Å². The standard InChI is InChI=1S/C23H32N2O3S/c1-5-25(29(27,28)6-2)22-15-13-21(14-16-22)23(26)24-17-7-8-19-9-11-20(12-10-19)18(3)4/h9-16,18H,5-8,17H2,1-4H3,(H,24,26). The molecule has 0 saturated heterocycles. The van der Waals surface area contributed by atoms with Crippen molar-refractivity contribution < 1.29 is 13.2 Å².